The average Bonchev–Trinajstić information content (AvgIpc) is 2.53. The molecule has 0 nitrogen and oxygen atoms in total. The molecule has 0 aliphatic rings. The van der Waals surface area contributed by atoms with Gasteiger partial charge in [0.25, 0.3) is 0 Å². The van der Waals surface area contributed by atoms with Crippen molar-refractivity contribution in [2.24, 2.45) is 0 Å². The minimum atomic E-state index is -0.277. The average molecular weight is 196 g/mol. The van der Waals surface area contributed by atoms with Gasteiger partial charge in [-0.2, -0.15) is 0 Å². The molecule has 1 aromatic heterocycles. The summed E-state index contributed by atoms with van der Waals surface area (Å²) in [5.74, 6) is -0.523. The molecule has 0 aliphatic heterocycles. The van der Waals surface area contributed by atoms with E-state index in [0.717, 1.165) is 10.4 Å². The van der Waals surface area contributed by atoms with Gasteiger partial charge in [-0.1, -0.05) is 12.1 Å². The second kappa shape index (κ2) is 3.26. The highest BCUT2D eigenvalue weighted by Crippen LogP contribution is 2.26. The largest absolute Gasteiger partial charge is 0.207 e. The molecular weight excluding hydrogens is 190 g/mol. The van der Waals surface area contributed by atoms with Crippen molar-refractivity contribution < 1.29 is 8.78 Å². The van der Waals surface area contributed by atoms with E-state index in [2.05, 4.69) is 0 Å². The van der Waals surface area contributed by atoms with Gasteiger partial charge in [-0.25, -0.2) is 8.78 Å². The molecule has 0 aliphatic carbocycles. The molecule has 3 heteroatoms. The molecule has 0 unspecified atom stereocenters. The lowest BCUT2D eigenvalue weighted by Gasteiger charge is -1.94. The molecule has 0 radical (unpaired) electrons. The van der Waals surface area contributed by atoms with Gasteiger partial charge in [0.05, 0.1) is 0 Å². The van der Waals surface area contributed by atoms with Crippen molar-refractivity contribution in [3.05, 3.63) is 47.3 Å². The van der Waals surface area contributed by atoms with Gasteiger partial charge in [0.1, 0.15) is 11.6 Å². The molecule has 66 valence electrons. The van der Waals surface area contributed by atoms with Gasteiger partial charge in [-0.05, 0) is 23.8 Å². The van der Waals surface area contributed by atoms with Gasteiger partial charge in [0.15, 0.2) is 0 Å². The second-order valence-electron chi connectivity index (χ2n) is 2.64. The molecule has 2 rings (SSSR count). The summed E-state index contributed by atoms with van der Waals surface area (Å²) in [6, 6.07) is 7.46. The molecule has 1 aromatic carbocycles. The first-order valence-electron chi connectivity index (χ1n) is 3.76. The molecule has 0 saturated heterocycles. The molecule has 0 atom stereocenters. The van der Waals surface area contributed by atoms with Crippen LogP contribution in [0.2, 0.25) is 0 Å². The Kier molecular flexibility index (Phi) is 2.10. The number of rotatable bonds is 1. The predicted molar refractivity (Wildman–Crippen MR) is 49.7 cm³/mol. The fourth-order valence-electron chi connectivity index (χ4n) is 1.08. The molecule has 0 bridgehead atoms. The Morgan fingerprint density at radius 1 is 0.923 bits per heavy atom. The van der Waals surface area contributed by atoms with Crippen LogP contribution in [0.15, 0.2) is 35.7 Å². The molecule has 0 amide bonds. The van der Waals surface area contributed by atoms with E-state index in [1.807, 2.05) is 0 Å². The summed E-state index contributed by atoms with van der Waals surface area (Å²) in [6.45, 7) is 0. The van der Waals surface area contributed by atoms with Gasteiger partial charge >= 0.3 is 0 Å². The summed E-state index contributed by atoms with van der Waals surface area (Å²) >= 11 is 1.31. The molecule has 1 heterocycles. The van der Waals surface area contributed by atoms with Crippen LogP contribution >= 0.6 is 11.3 Å². The van der Waals surface area contributed by atoms with Crippen LogP contribution in [0.3, 0.4) is 0 Å². The molecule has 0 fully saturated rings. The molecule has 13 heavy (non-hydrogen) atoms. The third-order valence-corrected chi connectivity index (χ3v) is 2.65. The van der Waals surface area contributed by atoms with Crippen LogP contribution in [0.25, 0.3) is 10.4 Å². The fraction of sp³-hybridized carbons (Fsp3) is 0. The molecular formula is C10H6F2S. The maximum atomic E-state index is 12.6. The lowest BCUT2D eigenvalue weighted by molar-refractivity contribution is 0.628. The zero-order valence-electron chi connectivity index (χ0n) is 6.63. The van der Waals surface area contributed by atoms with Crippen LogP contribution < -0.4 is 0 Å². The maximum absolute atomic E-state index is 12.6. The highest BCUT2D eigenvalue weighted by atomic mass is 32.1. The second-order valence-corrected chi connectivity index (χ2v) is 3.55. The van der Waals surface area contributed by atoms with Gasteiger partial charge in [0, 0.05) is 10.3 Å². The summed E-state index contributed by atoms with van der Waals surface area (Å²) in [4.78, 5) is 0.817. The van der Waals surface area contributed by atoms with E-state index in [9.17, 15) is 8.78 Å². The normalized spacial score (nSPS) is 10.3. The maximum Gasteiger partial charge on any atom is 0.134 e. The van der Waals surface area contributed by atoms with Crippen LogP contribution in [0.5, 0.6) is 0 Å². The first-order chi connectivity index (χ1) is 6.25. The Bertz CT molecular complexity index is 403. The van der Waals surface area contributed by atoms with Crippen LogP contribution in [0, 0.1) is 11.6 Å². The van der Waals surface area contributed by atoms with E-state index in [0.29, 0.717) is 0 Å². The Morgan fingerprint density at radius 2 is 1.62 bits per heavy atom. The van der Waals surface area contributed by atoms with Crippen molar-refractivity contribution in [3.63, 3.8) is 0 Å². The number of halogens is 2. The minimum Gasteiger partial charge on any atom is -0.207 e. The SMILES string of the molecule is Fc1ccc(-c2cc(F)cs2)cc1. The Hall–Kier alpha value is -1.22. The smallest absolute Gasteiger partial charge is 0.134 e. The topological polar surface area (TPSA) is 0 Å². The van der Waals surface area contributed by atoms with Crippen molar-refractivity contribution in [1.29, 1.82) is 0 Å². The Morgan fingerprint density at radius 3 is 2.15 bits per heavy atom. The first-order valence-corrected chi connectivity index (χ1v) is 4.63. The van der Waals surface area contributed by atoms with E-state index in [1.165, 1.54) is 34.9 Å². The minimum absolute atomic E-state index is 0.246. The summed E-state index contributed by atoms with van der Waals surface area (Å²) in [7, 11) is 0. The van der Waals surface area contributed by atoms with Gasteiger partial charge in [-0.3, -0.25) is 0 Å². The quantitative estimate of drug-likeness (QED) is 0.652. The number of thiophene rings is 1. The zero-order valence-corrected chi connectivity index (χ0v) is 7.44. The highest BCUT2D eigenvalue weighted by molar-refractivity contribution is 7.13. The molecule has 0 N–H and O–H groups in total. The number of hydrogen-bond donors (Lipinski definition) is 0. The van der Waals surface area contributed by atoms with Gasteiger partial charge in [0.2, 0.25) is 0 Å². The molecule has 0 saturated carbocycles. The number of hydrogen-bond acceptors (Lipinski definition) is 1. The summed E-state index contributed by atoms with van der Waals surface area (Å²) in [6.07, 6.45) is 0. The van der Waals surface area contributed by atoms with Crippen LogP contribution in [0.4, 0.5) is 8.78 Å². The summed E-state index contributed by atoms with van der Waals surface area (Å²) < 4.78 is 25.2. The predicted octanol–water partition coefficient (Wildman–Crippen LogP) is 3.69. The zero-order chi connectivity index (χ0) is 9.26. The van der Waals surface area contributed by atoms with E-state index in [4.69, 9.17) is 0 Å². The van der Waals surface area contributed by atoms with Crippen molar-refractivity contribution in [1.82, 2.24) is 0 Å². The van der Waals surface area contributed by atoms with Crippen molar-refractivity contribution in [3.8, 4) is 10.4 Å². The summed E-state index contributed by atoms with van der Waals surface area (Å²) in [5.41, 5.74) is 0.843. The first kappa shape index (κ1) is 8.38. The fourth-order valence-corrected chi connectivity index (χ4v) is 1.84. The highest BCUT2D eigenvalue weighted by Gasteiger charge is 2.01. The Labute approximate surface area is 78.5 Å². The number of benzene rings is 1. The van der Waals surface area contributed by atoms with Crippen LogP contribution in [-0.2, 0) is 0 Å². The third-order valence-electron chi connectivity index (χ3n) is 1.70. The lowest BCUT2D eigenvalue weighted by atomic mass is 10.2. The van der Waals surface area contributed by atoms with E-state index in [-0.39, 0.29) is 11.6 Å². The molecule has 0 spiro atoms. The van der Waals surface area contributed by atoms with Crippen LogP contribution in [0.1, 0.15) is 0 Å². The monoisotopic (exact) mass is 196 g/mol. The lowest BCUT2D eigenvalue weighted by Crippen LogP contribution is -1.74. The van der Waals surface area contributed by atoms with Crippen LogP contribution in [-0.4, -0.2) is 0 Å². The molecule has 2 aromatic rings. The van der Waals surface area contributed by atoms with E-state index >= 15 is 0 Å². The van der Waals surface area contributed by atoms with E-state index < -0.39 is 0 Å². The van der Waals surface area contributed by atoms with E-state index in [1.54, 1.807) is 12.1 Å². The van der Waals surface area contributed by atoms with Gasteiger partial charge < -0.3 is 0 Å². The van der Waals surface area contributed by atoms with Crippen molar-refractivity contribution in [2.45, 2.75) is 0 Å². The van der Waals surface area contributed by atoms with Gasteiger partial charge in [-0.15, -0.1) is 11.3 Å². The third kappa shape index (κ3) is 1.75. The van der Waals surface area contributed by atoms with Crippen molar-refractivity contribution >= 4 is 11.3 Å². The summed E-state index contributed by atoms with van der Waals surface area (Å²) in [5, 5.41) is 1.43. The van der Waals surface area contributed by atoms with Crippen molar-refractivity contribution in [2.75, 3.05) is 0 Å². The Balaban J connectivity index is 2.41. The standard InChI is InChI=1S/C10H6F2S/c11-8-3-1-7(2-4-8)10-5-9(12)6-13-10/h1-6H.